The number of hydrogen-bond acceptors (Lipinski definition) is 2. The summed E-state index contributed by atoms with van der Waals surface area (Å²) in [4.78, 5) is 5.06. The van der Waals surface area contributed by atoms with E-state index in [0.717, 1.165) is 46.4 Å². The highest BCUT2D eigenvalue weighted by molar-refractivity contribution is 7.98. The molecule has 0 unspecified atom stereocenters. The monoisotopic (exact) mass is 402 g/mol. The van der Waals surface area contributed by atoms with Gasteiger partial charge in [0, 0.05) is 23.4 Å². The fourth-order valence-corrected chi connectivity index (χ4v) is 4.37. The lowest BCUT2D eigenvalue weighted by molar-refractivity contribution is 0.625. The van der Waals surface area contributed by atoms with Crippen LogP contribution in [0, 0.1) is 5.82 Å². The molecular formula is C25H23FN2S. The Morgan fingerprint density at radius 3 is 2.07 bits per heavy atom. The minimum Gasteiger partial charge on any atom is -0.318 e. The highest BCUT2D eigenvalue weighted by Crippen LogP contribution is 2.36. The number of halogens is 1. The van der Waals surface area contributed by atoms with Crippen molar-refractivity contribution in [3.63, 3.8) is 0 Å². The van der Waals surface area contributed by atoms with Gasteiger partial charge in [-0.3, -0.25) is 0 Å². The van der Waals surface area contributed by atoms with Gasteiger partial charge in [-0.15, -0.1) is 0 Å². The Balaban J connectivity index is 1.78. The predicted molar refractivity (Wildman–Crippen MR) is 119 cm³/mol. The summed E-state index contributed by atoms with van der Waals surface area (Å²) in [6.07, 6.45) is 1.02. The van der Waals surface area contributed by atoms with E-state index < -0.39 is 0 Å². The van der Waals surface area contributed by atoms with Crippen LogP contribution in [0.5, 0.6) is 0 Å². The van der Waals surface area contributed by atoms with E-state index in [4.69, 9.17) is 4.98 Å². The van der Waals surface area contributed by atoms with E-state index >= 15 is 0 Å². The van der Waals surface area contributed by atoms with Crippen LogP contribution in [0.1, 0.15) is 18.9 Å². The van der Waals surface area contributed by atoms with E-state index in [0.29, 0.717) is 0 Å². The third-order valence-corrected chi connectivity index (χ3v) is 5.80. The summed E-state index contributed by atoms with van der Waals surface area (Å²) >= 11 is 1.70. The van der Waals surface area contributed by atoms with Gasteiger partial charge < -0.3 is 4.57 Å². The third-order valence-electron chi connectivity index (χ3n) is 4.76. The first-order valence-electron chi connectivity index (χ1n) is 9.85. The lowest BCUT2D eigenvalue weighted by atomic mass is 10.0. The highest BCUT2D eigenvalue weighted by atomic mass is 32.2. The molecule has 0 radical (unpaired) electrons. The van der Waals surface area contributed by atoms with Crippen LogP contribution >= 0.6 is 11.8 Å². The second-order valence-electron chi connectivity index (χ2n) is 6.89. The zero-order valence-electron chi connectivity index (χ0n) is 16.4. The van der Waals surface area contributed by atoms with E-state index in [2.05, 4.69) is 47.9 Å². The quantitative estimate of drug-likeness (QED) is 0.308. The molecule has 0 saturated carbocycles. The SMILES string of the molecule is CCCn1c(SCc2ccc(F)cc2)nc(-c2ccccc2)c1-c1ccccc1. The molecule has 4 heteroatoms. The number of aromatic nitrogens is 2. The molecule has 0 bridgehead atoms. The average molecular weight is 403 g/mol. The topological polar surface area (TPSA) is 17.8 Å². The van der Waals surface area contributed by atoms with Crippen LogP contribution in [-0.4, -0.2) is 9.55 Å². The molecule has 4 aromatic rings. The number of thioether (sulfide) groups is 1. The molecule has 0 aliphatic carbocycles. The Labute approximate surface area is 175 Å². The molecule has 0 N–H and O–H groups in total. The van der Waals surface area contributed by atoms with Gasteiger partial charge in [0.25, 0.3) is 0 Å². The molecule has 29 heavy (non-hydrogen) atoms. The van der Waals surface area contributed by atoms with Crippen LogP contribution < -0.4 is 0 Å². The molecule has 0 aliphatic rings. The molecule has 0 saturated heterocycles. The Morgan fingerprint density at radius 2 is 1.45 bits per heavy atom. The molecule has 3 aromatic carbocycles. The lowest BCUT2D eigenvalue weighted by Crippen LogP contribution is -2.02. The van der Waals surface area contributed by atoms with Crippen molar-refractivity contribution in [1.29, 1.82) is 0 Å². The standard InChI is InChI=1S/C25H23FN2S/c1-2-17-28-24(21-11-7-4-8-12-21)23(20-9-5-3-6-10-20)27-25(28)29-18-19-13-15-22(26)16-14-19/h3-16H,2,17-18H2,1H3. The van der Waals surface area contributed by atoms with Gasteiger partial charge in [-0.05, 0) is 24.1 Å². The van der Waals surface area contributed by atoms with Gasteiger partial charge in [-0.1, -0.05) is 91.5 Å². The van der Waals surface area contributed by atoms with Gasteiger partial charge in [0.2, 0.25) is 0 Å². The number of rotatable bonds is 7. The minimum atomic E-state index is -0.205. The number of benzene rings is 3. The van der Waals surface area contributed by atoms with E-state index in [1.165, 1.54) is 17.7 Å². The molecule has 0 fully saturated rings. The van der Waals surface area contributed by atoms with Crippen LogP contribution in [0.2, 0.25) is 0 Å². The summed E-state index contributed by atoms with van der Waals surface area (Å²) in [5, 5.41) is 0.994. The molecule has 0 spiro atoms. The number of imidazole rings is 1. The van der Waals surface area contributed by atoms with Gasteiger partial charge in [0.15, 0.2) is 5.16 Å². The predicted octanol–water partition coefficient (Wildman–Crippen LogP) is 7.06. The van der Waals surface area contributed by atoms with E-state index in [1.54, 1.807) is 11.8 Å². The van der Waals surface area contributed by atoms with Crippen molar-refractivity contribution < 1.29 is 4.39 Å². The molecule has 146 valence electrons. The fraction of sp³-hybridized carbons (Fsp3) is 0.160. The molecule has 4 rings (SSSR count). The zero-order chi connectivity index (χ0) is 20.1. The molecule has 0 amide bonds. The van der Waals surface area contributed by atoms with Gasteiger partial charge in [-0.25, -0.2) is 9.37 Å². The maximum Gasteiger partial charge on any atom is 0.169 e. The van der Waals surface area contributed by atoms with Gasteiger partial charge in [0.1, 0.15) is 5.82 Å². The van der Waals surface area contributed by atoms with Crippen molar-refractivity contribution >= 4 is 11.8 Å². The first kappa shape index (κ1) is 19.5. The van der Waals surface area contributed by atoms with E-state index in [1.807, 2.05) is 36.4 Å². The molecule has 2 nitrogen and oxygen atoms in total. The fourth-order valence-electron chi connectivity index (χ4n) is 3.39. The number of hydrogen-bond donors (Lipinski definition) is 0. The Morgan fingerprint density at radius 1 is 0.828 bits per heavy atom. The lowest BCUT2D eigenvalue weighted by Gasteiger charge is -2.12. The summed E-state index contributed by atoms with van der Waals surface area (Å²) < 4.78 is 15.5. The average Bonchev–Trinajstić information content (AvgIpc) is 3.13. The molecule has 0 aliphatic heterocycles. The summed E-state index contributed by atoms with van der Waals surface area (Å²) in [6.45, 7) is 3.08. The largest absolute Gasteiger partial charge is 0.318 e. The van der Waals surface area contributed by atoms with Crippen molar-refractivity contribution in [3.8, 4) is 22.5 Å². The van der Waals surface area contributed by atoms with Crippen molar-refractivity contribution in [2.75, 3.05) is 0 Å². The molecule has 1 heterocycles. The van der Waals surface area contributed by atoms with Crippen LogP contribution in [0.25, 0.3) is 22.5 Å². The normalized spacial score (nSPS) is 11.0. The first-order chi connectivity index (χ1) is 14.3. The van der Waals surface area contributed by atoms with Crippen molar-refractivity contribution in [2.45, 2.75) is 30.8 Å². The third kappa shape index (κ3) is 4.43. The maximum absolute atomic E-state index is 13.2. The van der Waals surface area contributed by atoms with Crippen molar-refractivity contribution in [2.24, 2.45) is 0 Å². The van der Waals surface area contributed by atoms with Crippen LogP contribution in [0.3, 0.4) is 0 Å². The zero-order valence-corrected chi connectivity index (χ0v) is 17.2. The van der Waals surface area contributed by atoms with Crippen LogP contribution in [0.4, 0.5) is 4.39 Å². The summed E-state index contributed by atoms with van der Waals surface area (Å²) in [7, 11) is 0. The number of nitrogens with zero attached hydrogens (tertiary/aromatic N) is 2. The Bertz CT molecular complexity index is 1060. The van der Waals surface area contributed by atoms with Crippen LogP contribution in [0.15, 0.2) is 90.1 Å². The van der Waals surface area contributed by atoms with Crippen LogP contribution in [-0.2, 0) is 12.3 Å². The maximum atomic E-state index is 13.2. The highest BCUT2D eigenvalue weighted by Gasteiger charge is 2.20. The Kier molecular flexibility index (Phi) is 6.11. The molecule has 0 atom stereocenters. The van der Waals surface area contributed by atoms with Crippen molar-refractivity contribution in [3.05, 3.63) is 96.3 Å². The van der Waals surface area contributed by atoms with E-state index in [9.17, 15) is 4.39 Å². The summed E-state index contributed by atoms with van der Waals surface area (Å²) in [5.41, 5.74) is 5.53. The van der Waals surface area contributed by atoms with Gasteiger partial charge >= 0.3 is 0 Å². The second kappa shape index (κ2) is 9.10. The minimum absolute atomic E-state index is 0.205. The van der Waals surface area contributed by atoms with E-state index in [-0.39, 0.29) is 5.82 Å². The first-order valence-corrected chi connectivity index (χ1v) is 10.8. The smallest absolute Gasteiger partial charge is 0.169 e. The summed E-state index contributed by atoms with van der Waals surface area (Å²) in [6, 6.07) is 27.5. The van der Waals surface area contributed by atoms with Gasteiger partial charge in [-0.2, -0.15) is 0 Å². The Hall–Kier alpha value is -2.85. The molecular weight excluding hydrogens is 379 g/mol. The van der Waals surface area contributed by atoms with Crippen molar-refractivity contribution in [1.82, 2.24) is 9.55 Å². The van der Waals surface area contributed by atoms with Gasteiger partial charge in [0.05, 0.1) is 11.4 Å². The summed E-state index contributed by atoms with van der Waals surface area (Å²) in [5.74, 6) is 0.549. The second-order valence-corrected chi connectivity index (χ2v) is 7.83. The molecule has 1 aromatic heterocycles.